The van der Waals surface area contributed by atoms with Gasteiger partial charge in [-0.05, 0) is 36.2 Å². The molecule has 0 unspecified atom stereocenters. The number of nitrogens with zero attached hydrogens (tertiary/aromatic N) is 2. The van der Waals surface area contributed by atoms with Gasteiger partial charge in [0, 0.05) is 38.4 Å². The van der Waals surface area contributed by atoms with E-state index in [0.29, 0.717) is 32.7 Å². The van der Waals surface area contributed by atoms with Gasteiger partial charge in [0.1, 0.15) is 19.0 Å². The molecule has 2 amide bonds. The van der Waals surface area contributed by atoms with Gasteiger partial charge in [-0.1, -0.05) is 30.3 Å². The minimum absolute atomic E-state index is 0.108. The monoisotopic (exact) mass is 399 g/mol. The summed E-state index contributed by atoms with van der Waals surface area (Å²) in [4.78, 5) is 27.9. The predicted octanol–water partition coefficient (Wildman–Crippen LogP) is 1.85. The maximum Gasteiger partial charge on any atom is 0.248 e. The topological polar surface area (TPSA) is 61.9 Å². The fourth-order valence-corrected chi connectivity index (χ4v) is 3.23. The summed E-state index contributed by atoms with van der Waals surface area (Å²) in [6, 6.07) is 16.3. The Kier molecular flexibility index (Phi) is 7.58. The fraction of sp³-hybridized carbons (Fsp3) is 0.364. The number of rotatable bonds is 8. The molecule has 2 aromatic rings. The second-order valence-corrected chi connectivity index (χ2v) is 6.92. The van der Waals surface area contributed by atoms with E-state index in [0.717, 1.165) is 17.7 Å². The van der Waals surface area contributed by atoms with Crippen LogP contribution in [0.2, 0.25) is 0 Å². The van der Waals surface area contributed by atoms with E-state index in [-0.39, 0.29) is 30.8 Å². The van der Waals surface area contributed by atoms with Crippen LogP contribution < -0.4 is 10.2 Å². The molecule has 29 heavy (non-hydrogen) atoms. The summed E-state index contributed by atoms with van der Waals surface area (Å²) in [5.74, 6) is -0.612. The summed E-state index contributed by atoms with van der Waals surface area (Å²) in [6.07, 6.45) is 0.754. The molecule has 1 aliphatic rings. The van der Waals surface area contributed by atoms with E-state index in [1.807, 2.05) is 30.3 Å². The van der Waals surface area contributed by atoms with Gasteiger partial charge in [0.25, 0.3) is 0 Å². The average Bonchev–Trinajstić information content (AvgIpc) is 2.75. The summed E-state index contributed by atoms with van der Waals surface area (Å²) in [5.41, 5.74) is 2.10. The SMILES string of the molecule is O=C(COCC(=O)N1CCN(c2ccc(F)cc2)CC1)NCCc1ccccc1. The molecule has 0 spiro atoms. The standard InChI is InChI=1S/C22H26FN3O3/c23-19-6-8-20(9-7-19)25-12-14-26(15-13-25)22(28)17-29-16-21(27)24-11-10-18-4-2-1-3-5-18/h1-9H,10-17H2,(H,24,27). The van der Waals surface area contributed by atoms with Crippen molar-refractivity contribution in [1.82, 2.24) is 10.2 Å². The third-order valence-corrected chi connectivity index (χ3v) is 4.86. The highest BCUT2D eigenvalue weighted by molar-refractivity contribution is 5.79. The molecule has 1 N–H and O–H groups in total. The van der Waals surface area contributed by atoms with Crippen LogP contribution in [-0.2, 0) is 20.7 Å². The molecule has 0 atom stereocenters. The van der Waals surface area contributed by atoms with Crippen molar-refractivity contribution in [3.05, 3.63) is 66.0 Å². The lowest BCUT2D eigenvalue weighted by Crippen LogP contribution is -2.50. The van der Waals surface area contributed by atoms with Crippen molar-refractivity contribution in [2.75, 3.05) is 50.8 Å². The molecule has 0 aliphatic carbocycles. The van der Waals surface area contributed by atoms with Gasteiger partial charge in [0.15, 0.2) is 0 Å². The minimum atomic E-state index is -0.260. The number of ether oxygens (including phenoxy) is 1. The van der Waals surface area contributed by atoms with Crippen molar-refractivity contribution in [2.45, 2.75) is 6.42 Å². The second-order valence-electron chi connectivity index (χ2n) is 6.92. The van der Waals surface area contributed by atoms with Gasteiger partial charge in [-0.3, -0.25) is 9.59 Å². The van der Waals surface area contributed by atoms with E-state index >= 15 is 0 Å². The number of amides is 2. The van der Waals surface area contributed by atoms with Crippen LogP contribution in [0, 0.1) is 5.82 Å². The smallest absolute Gasteiger partial charge is 0.248 e. The number of benzene rings is 2. The molecular formula is C22H26FN3O3. The summed E-state index contributed by atoms with van der Waals surface area (Å²) < 4.78 is 18.3. The van der Waals surface area contributed by atoms with E-state index in [1.54, 1.807) is 17.0 Å². The van der Waals surface area contributed by atoms with Crippen molar-refractivity contribution in [2.24, 2.45) is 0 Å². The summed E-state index contributed by atoms with van der Waals surface area (Å²) in [7, 11) is 0. The molecule has 0 radical (unpaired) electrons. The first-order valence-electron chi connectivity index (χ1n) is 9.78. The number of piperazine rings is 1. The van der Waals surface area contributed by atoms with E-state index in [1.165, 1.54) is 12.1 Å². The second kappa shape index (κ2) is 10.6. The van der Waals surface area contributed by atoms with E-state index < -0.39 is 0 Å². The Hall–Kier alpha value is -2.93. The highest BCUT2D eigenvalue weighted by Gasteiger charge is 2.21. The molecule has 0 saturated carbocycles. The van der Waals surface area contributed by atoms with Crippen molar-refractivity contribution >= 4 is 17.5 Å². The molecule has 154 valence electrons. The number of nitrogens with one attached hydrogen (secondary N) is 1. The third kappa shape index (κ3) is 6.57. The number of hydrogen-bond donors (Lipinski definition) is 1. The van der Waals surface area contributed by atoms with E-state index in [4.69, 9.17) is 4.74 Å². The Labute approximate surface area is 170 Å². The summed E-state index contributed by atoms with van der Waals surface area (Å²) in [6.45, 7) is 2.80. The highest BCUT2D eigenvalue weighted by atomic mass is 19.1. The minimum Gasteiger partial charge on any atom is -0.368 e. The molecule has 1 fully saturated rings. The Morgan fingerprint density at radius 2 is 1.62 bits per heavy atom. The summed E-state index contributed by atoms with van der Waals surface area (Å²) in [5, 5.41) is 2.79. The number of carbonyl (C=O) groups is 2. The first-order valence-corrected chi connectivity index (χ1v) is 9.78. The largest absolute Gasteiger partial charge is 0.368 e. The zero-order valence-corrected chi connectivity index (χ0v) is 16.4. The zero-order valence-electron chi connectivity index (χ0n) is 16.4. The van der Waals surface area contributed by atoms with Gasteiger partial charge >= 0.3 is 0 Å². The van der Waals surface area contributed by atoms with Gasteiger partial charge in [-0.25, -0.2) is 4.39 Å². The maximum absolute atomic E-state index is 13.0. The van der Waals surface area contributed by atoms with Crippen LogP contribution in [0.15, 0.2) is 54.6 Å². The van der Waals surface area contributed by atoms with Crippen LogP contribution in [0.25, 0.3) is 0 Å². The molecular weight excluding hydrogens is 373 g/mol. The first-order chi connectivity index (χ1) is 14.1. The quantitative estimate of drug-likeness (QED) is 0.736. The van der Waals surface area contributed by atoms with Gasteiger partial charge in [-0.15, -0.1) is 0 Å². The molecule has 6 nitrogen and oxygen atoms in total. The average molecular weight is 399 g/mol. The van der Waals surface area contributed by atoms with E-state index in [2.05, 4.69) is 10.2 Å². The molecule has 0 aromatic heterocycles. The van der Waals surface area contributed by atoms with Crippen LogP contribution >= 0.6 is 0 Å². The van der Waals surface area contributed by atoms with Crippen molar-refractivity contribution in [3.63, 3.8) is 0 Å². The highest BCUT2D eigenvalue weighted by Crippen LogP contribution is 2.16. The van der Waals surface area contributed by atoms with Gasteiger partial charge in [-0.2, -0.15) is 0 Å². The van der Waals surface area contributed by atoms with Gasteiger partial charge in [0.05, 0.1) is 0 Å². The van der Waals surface area contributed by atoms with Crippen molar-refractivity contribution in [3.8, 4) is 0 Å². The molecule has 0 bridgehead atoms. The Morgan fingerprint density at radius 3 is 2.31 bits per heavy atom. The molecule has 2 aromatic carbocycles. The molecule has 3 rings (SSSR count). The maximum atomic E-state index is 13.0. The summed E-state index contributed by atoms with van der Waals surface area (Å²) >= 11 is 0. The zero-order chi connectivity index (χ0) is 20.5. The molecule has 1 heterocycles. The first kappa shape index (κ1) is 20.8. The van der Waals surface area contributed by atoms with Crippen LogP contribution in [0.4, 0.5) is 10.1 Å². The molecule has 1 saturated heterocycles. The third-order valence-electron chi connectivity index (χ3n) is 4.86. The van der Waals surface area contributed by atoms with Crippen LogP contribution in [-0.4, -0.2) is 62.7 Å². The number of hydrogen-bond acceptors (Lipinski definition) is 4. The molecule has 1 aliphatic heterocycles. The Balaban J connectivity index is 1.30. The van der Waals surface area contributed by atoms with Crippen LogP contribution in [0.5, 0.6) is 0 Å². The number of halogens is 1. The lowest BCUT2D eigenvalue weighted by Gasteiger charge is -2.36. The Bertz CT molecular complexity index is 791. The van der Waals surface area contributed by atoms with Crippen LogP contribution in [0.1, 0.15) is 5.56 Å². The number of carbonyl (C=O) groups excluding carboxylic acids is 2. The molecule has 7 heteroatoms. The van der Waals surface area contributed by atoms with Gasteiger partial charge < -0.3 is 19.9 Å². The lowest BCUT2D eigenvalue weighted by atomic mass is 10.1. The van der Waals surface area contributed by atoms with E-state index in [9.17, 15) is 14.0 Å². The van der Waals surface area contributed by atoms with Crippen molar-refractivity contribution < 1.29 is 18.7 Å². The van der Waals surface area contributed by atoms with Crippen LogP contribution in [0.3, 0.4) is 0 Å². The van der Waals surface area contributed by atoms with Crippen molar-refractivity contribution in [1.29, 1.82) is 0 Å². The predicted molar refractivity (Wildman–Crippen MR) is 109 cm³/mol. The Morgan fingerprint density at radius 1 is 0.931 bits per heavy atom. The number of anilines is 1. The normalized spacial score (nSPS) is 14.0. The fourth-order valence-electron chi connectivity index (χ4n) is 3.23. The lowest BCUT2D eigenvalue weighted by molar-refractivity contribution is -0.138. The van der Waals surface area contributed by atoms with Gasteiger partial charge in [0.2, 0.25) is 11.8 Å².